The SMILES string of the molecule is Cc1ccc(C(CN)C(O)c2cc(Br)cc(Br)c2)cc1. The molecule has 0 aliphatic heterocycles. The Morgan fingerprint density at radius 3 is 2.05 bits per heavy atom. The molecule has 0 spiro atoms. The van der Waals surface area contributed by atoms with E-state index >= 15 is 0 Å². The van der Waals surface area contributed by atoms with E-state index in [4.69, 9.17) is 5.73 Å². The highest BCUT2D eigenvalue weighted by molar-refractivity contribution is 9.11. The molecule has 0 saturated heterocycles. The number of aliphatic hydroxyl groups excluding tert-OH is 1. The normalized spacial score (nSPS) is 14.1. The van der Waals surface area contributed by atoms with Gasteiger partial charge in [-0.05, 0) is 36.2 Å². The van der Waals surface area contributed by atoms with Crippen LogP contribution in [0.4, 0.5) is 0 Å². The maximum absolute atomic E-state index is 10.6. The minimum atomic E-state index is -0.628. The summed E-state index contributed by atoms with van der Waals surface area (Å²) in [6.07, 6.45) is -0.628. The predicted octanol–water partition coefficient (Wildman–Crippen LogP) is 4.30. The number of aryl methyl sites for hydroxylation is 1. The zero-order valence-corrected chi connectivity index (χ0v) is 14.4. The van der Waals surface area contributed by atoms with Gasteiger partial charge in [-0.25, -0.2) is 0 Å². The van der Waals surface area contributed by atoms with Crippen LogP contribution in [0.25, 0.3) is 0 Å². The number of hydrogen-bond acceptors (Lipinski definition) is 2. The highest BCUT2D eigenvalue weighted by atomic mass is 79.9. The third-order valence-corrected chi connectivity index (χ3v) is 4.28. The average Bonchev–Trinajstić information content (AvgIpc) is 2.40. The number of aliphatic hydroxyl groups is 1. The molecule has 0 radical (unpaired) electrons. The molecule has 0 aromatic heterocycles. The zero-order chi connectivity index (χ0) is 14.7. The minimum absolute atomic E-state index is 0.114. The molecule has 3 N–H and O–H groups in total. The molecular weight excluding hydrogens is 382 g/mol. The molecule has 2 aromatic carbocycles. The first kappa shape index (κ1) is 15.7. The monoisotopic (exact) mass is 397 g/mol. The van der Waals surface area contributed by atoms with Crippen LogP contribution in [0, 0.1) is 6.92 Å². The maximum atomic E-state index is 10.6. The van der Waals surface area contributed by atoms with Crippen LogP contribution in [-0.2, 0) is 0 Å². The van der Waals surface area contributed by atoms with Crippen LogP contribution in [0.2, 0.25) is 0 Å². The molecule has 2 nitrogen and oxygen atoms in total. The van der Waals surface area contributed by atoms with Gasteiger partial charge in [-0.3, -0.25) is 0 Å². The van der Waals surface area contributed by atoms with Gasteiger partial charge in [0.05, 0.1) is 6.10 Å². The van der Waals surface area contributed by atoms with Crippen LogP contribution < -0.4 is 5.73 Å². The highest BCUT2D eigenvalue weighted by Crippen LogP contribution is 2.33. The van der Waals surface area contributed by atoms with Crippen molar-refractivity contribution >= 4 is 31.9 Å². The Bertz CT molecular complexity index is 563. The van der Waals surface area contributed by atoms with E-state index < -0.39 is 6.10 Å². The first-order chi connectivity index (χ1) is 9.51. The summed E-state index contributed by atoms with van der Waals surface area (Å²) in [5.41, 5.74) is 8.98. The Morgan fingerprint density at radius 2 is 1.55 bits per heavy atom. The van der Waals surface area contributed by atoms with Crippen molar-refractivity contribution in [2.45, 2.75) is 18.9 Å². The van der Waals surface area contributed by atoms with Crippen LogP contribution >= 0.6 is 31.9 Å². The van der Waals surface area contributed by atoms with Gasteiger partial charge in [0.1, 0.15) is 0 Å². The summed E-state index contributed by atoms with van der Waals surface area (Å²) in [5, 5.41) is 10.6. The van der Waals surface area contributed by atoms with Gasteiger partial charge in [-0.15, -0.1) is 0 Å². The first-order valence-electron chi connectivity index (χ1n) is 6.42. The van der Waals surface area contributed by atoms with Gasteiger partial charge in [0.25, 0.3) is 0 Å². The van der Waals surface area contributed by atoms with Gasteiger partial charge in [0.2, 0.25) is 0 Å². The third-order valence-electron chi connectivity index (χ3n) is 3.37. The van der Waals surface area contributed by atoms with Crippen molar-refractivity contribution in [3.63, 3.8) is 0 Å². The predicted molar refractivity (Wildman–Crippen MR) is 89.8 cm³/mol. The smallest absolute Gasteiger partial charge is 0.0871 e. The summed E-state index contributed by atoms with van der Waals surface area (Å²) in [6.45, 7) is 2.44. The van der Waals surface area contributed by atoms with Crippen molar-refractivity contribution in [2.24, 2.45) is 5.73 Å². The Labute approximate surface area is 136 Å². The Morgan fingerprint density at radius 1 is 1.00 bits per heavy atom. The fourth-order valence-corrected chi connectivity index (χ4v) is 3.57. The van der Waals surface area contributed by atoms with Gasteiger partial charge < -0.3 is 10.8 Å². The maximum Gasteiger partial charge on any atom is 0.0871 e. The second-order valence-corrected chi connectivity index (χ2v) is 6.73. The van der Waals surface area contributed by atoms with Gasteiger partial charge >= 0.3 is 0 Å². The van der Waals surface area contributed by atoms with E-state index in [0.717, 1.165) is 20.1 Å². The van der Waals surface area contributed by atoms with Crippen LogP contribution in [0.15, 0.2) is 51.4 Å². The molecule has 2 unspecified atom stereocenters. The van der Waals surface area contributed by atoms with E-state index in [1.165, 1.54) is 5.56 Å². The second kappa shape index (κ2) is 6.85. The van der Waals surface area contributed by atoms with Crippen molar-refractivity contribution in [3.05, 3.63) is 68.1 Å². The molecule has 20 heavy (non-hydrogen) atoms. The van der Waals surface area contributed by atoms with Crippen LogP contribution in [0.1, 0.15) is 28.7 Å². The van der Waals surface area contributed by atoms with E-state index in [0.29, 0.717) is 6.54 Å². The topological polar surface area (TPSA) is 46.2 Å². The standard InChI is InChI=1S/C16H17Br2NO/c1-10-2-4-11(5-3-10)15(9-19)16(20)12-6-13(17)8-14(18)7-12/h2-8,15-16,20H,9,19H2,1H3. The van der Waals surface area contributed by atoms with Gasteiger partial charge in [0.15, 0.2) is 0 Å². The van der Waals surface area contributed by atoms with E-state index in [1.807, 2.05) is 49.4 Å². The summed E-state index contributed by atoms with van der Waals surface area (Å²) < 4.78 is 1.86. The molecule has 106 valence electrons. The van der Waals surface area contributed by atoms with Crippen LogP contribution in [0.5, 0.6) is 0 Å². The van der Waals surface area contributed by atoms with E-state index in [1.54, 1.807) is 0 Å². The highest BCUT2D eigenvalue weighted by Gasteiger charge is 2.22. The molecule has 0 heterocycles. The third kappa shape index (κ3) is 3.70. The number of rotatable bonds is 4. The summed E-state index contributed by atoms with van der Waals surface area (Å²) in [7, 11) is 0. The molecule has 0 saturated carbocycles. The van der Waals surface area contributed by atoms with E-state index in [9.17, 15) is 5.11 Å². The van der Waals surface area contributed by atoms with E-state index in [-0.39, 0.29) is 5.92 Å². The molecule has 0 amide bonds. The number of hydrogen-bond donors (Lipinski definition) is 2. The van der Waals surface area contributed by atoms with E-state index in [2.05, 4.69) is 31.9 Å². The van der Waals surface area contributed by atoms with Crippen LogP contribution in [-0.4, -0.2) is 11.7 Å². The van der Waals surface area contributed by atoms with Crippen molar-refractivity contribution in [3.8, 4) is 0 Å². The molecule has 0 aliphatic rings. The van der Waals surface area contributed by atoms with Gasteiger partial charge in [-0.1, -0.05) is 61.7 Å². The lowest BCUT2D eigenvalue weighted by Crippen LogP contribution is -2.20. The molecule has 2 atom stereocenters. The summed E-state index contributed by atoms with van der Waals surface area (Å²) >= 11 is 6.89. The zero-order valence-electron chi connectivity index (χ0n) is 11.2. The largest absolute Gasteiger partial charge is 0.388 e. The molecule has 0 aliphatic carbocycles. The summed E-state index contributed by atoms with van der Waals surface area (Å²) in [5.74, 6) is -0.114. The molecule has 0 fully saturated rings. The number of halogens is 2. The first-order valence-corrected chi connectivity index (χ1v) is 8.00. The van der Waals surface area contributed by atoms with Crippen molar-refractivity contribution in [1.29, 1.82) is 0 Å². The van der Waals surface area contributed by atoms with Gasteiger partial charge in [-0.2, -0.15) is 0 Å². The fraction of sp³-hybridized carbons (Fsp3) is 0.250. The van der Waals surface area contributed by atoms with Gasteiger partial charge in [0, 0.05) is 21.4 Å². The second-order valence-electron chi connectivity index (χ2n) is 4.90. The molecule has 2 rings (SSSR count). The molecule has 2 aromatic rings. The molecular formula is C16H17Br2NO. The van der Waals surface area contributed by atoms with Crippen molar-refractivity contribution in [2.75, 3.05) is 6.54 Å². The Hall–Kier alpha value is -0.680. The Balaban J connectivity index is 2.33. The summed E-state index contributed by atoms with van der Waals surface area (Å²) in [4.78, 5) is 0. The Kier molecular flexibility index (Phi) is 5.38. The summed E-state index contributed by atoms with van der Waals surface area (Å²) in [6, 6.07) is 13.9. The average molecular weight is 399 g/mol. The van der Waals surface area contributed by atoms with Crippen molar-refractivity contribution < 1.29 is 5.11 Å². The number of nitrogens with two attached hydrogens (primary N) is 1. The van der Waals surface area contributed by atoms with Crippen LogP contribution in [0.3, 0.4) is 0 Å². The quantitative estimate of drug-likeness (QED) is 0.806. The fourth-order valence-electron chi connectivity index (χ4n) is 2.24. The minimum Gasteiger partial charge on any atom is -0.388 e. The number of benzene rings is 2. The lowest BCUT2D eigenvalue weighted by molar-refractivity contribution is 0.147. The lowest BCUT2D eigenvalue weighted by atomic mass is 9.89. The lowest BCUT2D eigenvalue weighted by Gasteiger charge is -2.23. The molecule has 0 bridgehead atoms. The molecule has 4 heteroatoms. The van der Waals surface area contributed by atoms with Crippen molar-refractivity contribution in [1.82, 2.24) is 0 Å².